The molecule has 1 heterocycles. The van der Waals surface area contributed by atoms with Crippen LogP contribution in [0.1, 0.15) is 10.6 Å². The average Bonchev–Trinajstić information content (AvgIpc) is 2.23. The second kappa shape index (κ2) is 3.20. The highest BCUT2D eigenvalue weighted by Gasteiger charge is 2.11. The van der Waals surface area contributed by atoms with Crippen LogP contribution in [0.2, 0.25) is 0 Å². The summed E-state index contributed by atoms with van der Waals surface area (Å²) in [6, 6.07) is 6.93. The SMILES string of the molecule is Cn1c(C(N)=O)nc(=O)c2ccccc21. The van der Waals surface area contributed by atoms with Crippen LogP contribution >= 0.6 is 0 Å². The lowest BCUT2D eigenvalue weighted by atomic mass is 10.2. The number of para-hydroxylation sites is 1. The van der Waals surface area contributed by atoms with E-state index in [9.17, 15) is 9.59 Å². The molecule has 0 saturated heterocycles. The highest BCUT2D eigenvalue weighted by Crippen LogP contribution is 2.08. The number of primary amides is 1. The van der Waals surface area contributed by atoms with Crippen LogP contribution < -0.4 is 11.3 Å². The van der Waals surface area contributed by atoms with E-state index >= 15 is 0 Å². The number of aromatic nitrogens is 2. The molecule has 0 unspecified atom stereocenters. The minimum atomic E-state index is -0.708. The first-order valence-corrected chi connectivity index (χ1v) is 4.37. The quantitative estimate of drug-likeness (QED) is 0.710. The number of benzene rings is 1. The number of rotatable bonds is 1. The van der Waals surface area contributed by atoms with E-state index in [0.717, 1.165) is 0 Å². The average molecular weight is 203 g/mol. The summed E-state index contributed by atoms with van der Waals surface area (Å²) in [7, 11) is 1.65. The topological polar surface area (TPSA) is 78.0 Å². The van der Waals surface area contributed by atoms with Crippen molar-refractivity contribution in [2.45, 2.75) is 0 Å². The molecule has 0 atom stereocenters. The Kier molecular flexibility index (Phi) is 2.00. The van der Waals surface area contributed by atoms with Gasteiger partial charge in [0.05, 0.1) is 10.9 Å². The number of hydrogen-bond donors (Lipinski definition) is 1. The first-order valence-electron chi connectivity index (χ1n) is 4.37. The molecule has 1 aromatic carbocycles. The van der Waals surface area contributed by atoms with Crippen molar-refractivity contribution in [1.29, 1.82) is 0 Å². The molecular formula is C10H9N3O2. The van der Waals surface area contributed by atoms with Gasteiger partial charge in [0.1, 0.15) is 0 Å². The lowest BCUT2D eigenvalue weighted by Gasteiger charge is -2.07. The molecule has 0 fully saturated rings. The lowest BCUT2D eigenvalue weighted by Crippen LogP contribution is -2.25. The fourth-order valence-corrected chi connectivity index (χ4v) is 1.51. The Morgan fingerprint density at radius 3 is 2.73 bits per heavy atom. The van der Waals surface area contributed by atoms with E-state index in [2.05, 4.69) is 4.98 Å². The highest BCUT2D eigenvalue weighted by atomic mass is 16.2. The fraction of sp³-hybridized carbons (Fsp3) is 0.100. The molecule has 0 spiro atoms. The summed E-state index contributed by atoms with van der Waals surface area (Å²) in [5, 5.41) is 0.477. The number of aryl methyl sites for hydroxylation is 1. The molecule has 15 heavy (non-hydrogen) atoms. The van der Waals surface area contributed by atoms with E-state index in [1.54, 1.807) is 31.3 Å². The van der Waals surface area contributed by atoms with E-state index in [0.29, 0.717) is 10.9 Å². The molecule has 2 N–H and O–H groups in total. The van der Waals surface area contributed by atoms with Crippen molar-refractivity contribution in [2.24, 2.45) is 12.8 Å². The second-order valence-corrected chi connectivity index (χ2v) is 3.18. The van der Waals surface area contributed by atoms with E-state index < -0.39 is 11.5 Å². The Labute approximate surface area is 85.2 Å². The predicted molar refractivity (Wildman–Crippen MR) is 55.5 cm³/mol. The largest absolute Gasteiger partial charge is 0.363 e. The van der Waals surface area contributed by atoms with Crippen LogP contribution in [-0.2, 0) is 7.05 Å². The van der Waals surface area contributed by atoms with Crippen molar-refractivity contribution in [2.75, 3.05) is 0 Å². The number of amides is 1. The summed E-state index contributed by atoms with van der Waals surface area (Å²) in [5.41, 5.74) is 5.33. The molecule has 1 amide bonds. The van der Waals surface area contributed by atoms with Gasteiger partial charge in [-0.1, -0.05) is 12.1 Å². The van der Waals surface area contributed by atoms with Gasteiger partial charge in [0.2, 0.25) is 5.82 Å². The Balaban J connectivity index is 2.97. The number of hydrogen-bond acceptors (Lipinski definition) is 3. The van der Waals surface area contributed by atoms with Gasteiger partial charge in [-0.2, -0.15) is 4.98 Å². The summed E-state index contributed by atoms with van der Waals surface area (Å²) >= 11 is 0. The van der Waals surface area contributed by atoms with Gasteiger partial charge in [0.15, 0.2) is 0 Å². The second-order valence-electron chi connectivity index (χ2n) is 3.18. The maximum atomic E-state index is 11.5. The smallest absolute Gasteiger partial charge is 0.284 e. The van der Waals surface area contributed by atoms with Crippen molar-refractivity contribution in [1.82, 2.24) is 9.55 Å². The van der Waals surface area contributed by atoms with Gasteiger partial charge in [-0.05, 0) is 12.1 Å². The van der Waals surface area contributed by atoms with Crippen LogP contribution in [0.4, 0.5) is 0 Å². The number of carbonyl (C=O) groups is 1. The first kappa shape index (κ1) is 9.39. The third-order valence-corrected chi connectivity index (χ3v) is 2.24. The molecule has 5 heteroatoms. The Morgan fingerprint density at radius 2 is 2.07 bits per heavy atom. The predicted octanol–water partition coefficient (Wildman–Crippen LogP) is 0.0324. The molecule has 2 aromatic rings. The van der Waals surface area contributed by atoms with E-state index in [1.807, 2.05) is 0 Å². The molecule has 5 nitrogen and oxygen atoms in total. The van der Waals surface area contributed by atoms with Crippen molar-refractivity contribution >= 4 is 16.8 Å². The first-order chi connectivity index (χ1) is 7.11. The van der Waals surface area contributed by atoms with Crippen molar-refractivity contribution in [3.05, 3.63) is 40.4 Å². The summed E-state index contributed by atoms with van der Waals surface area (Å²) in [5.74, 6) is -0.737. The third kappa shape index (κ3) is 1.38. The van der Waals surface area contributed by atoms with Gasteiger partial charge in [-0.15, -0.1) is 0 Å². The van der Waals surface area contributed by atoms with Gasteiger partial charge in [0, 0.05) is 7.05 Å². The standard InChI is InChI=1S/C10H9N3O2/c1-13-7-5-3-2-4-6(7)10(15)12-9(13)8(11)14/h2-5H,1H3,(H2,11,14). The molecule has 0 aliphatic carbocycles. The molecule has 1 aromatic heterocycles. The van der Waals surface area contributed by atoms with Crippen LogP contribution in [0, 0.1) is 0 Å². The molecule has 0 aliphatic rings. The lowest BCUT2D eigenvalue weighted by molar-refractivity contribution is 0.0986. The van der Waals surface area contributed by atoms with E-state index in [1.165, 1.54) is 4.57 Å². The van der Waals surface area contributed by atoms with Crippen molar-refractivity contribution < 1.29 is 4.79 Å². The van der Waals surface area contributed by atoms with E-state index in [4.69, 9.17) is 5.73 Å². The molecular weight excluding hydrogens is 194 g/mol. The summed E-state index contributed by atoms with van der Waals surface area (Å²) in [6.07, 6.45) is 0. The summed E-state index contributed by atoms with van der Waals surface area (Å²) < 4.78 is 1.51. The van der Waals surface area contributed by atoms with E-state index in [-0.39, 0.29) is 5.82 Å². The van der Waals surface area contributed by atoms with Gasteiger partial charge in [-0.3, -0.25) is 9.59 Å². The van der Waals surface area contributed by atoms with Crippen LogP contribution in [0.5, 0.6) is 0 Å². The summed E-state index contributed by atoms with van der Waals surface area (Å²) in [4.78, 5) is 26.2. The monoisotopic (exact) mass is 203 g/mol. The zero-order valence-electron chi connectivity index (χ0n) is 8.10. The van der Waals surface area contributed by atoms with Crippen molar-refractivity contribution in [3.8, 4) is 0 Å². The third-order valence-electron chi connectivity index (χ3n) is 2.24. The zero-order chi connectivity index (χ0) is 11.0. The zero-order valence-corrected chi connectivity index (χ0v) is 8.10. The van der Waals surface area contributed by atoms with Gasteiger partial charge in [0.25, 0.3) is 11.5 Å². The highest BCUT2D eigenvalue weighted by molar-refractivity contribution is 5.91. The van der Waals surface area contributed by atoms with Crippen LogP contribution in [0.15, 0.2) is 29.1 Å². The molecule has 76 valence electrons. The van der Waals surface area contributed by atoms with Crippen molar-refractivity contribution in [3.63, 3.8) is 0 Å². The molecule has 2 rings (SSSR count). The van der Waals surface area contributed by atoms with Gasteiger partial charge < -0.3 is 10.3 Å². The van der Waals surface area contributed by atoms with Crippen LogP contribution in [0.3, 0.4) is 0 Å². The van der Waals surface area contributed by atoms with Crippen LogP contribution in [-0.4, -0.2) is 15.5 Å². The maximum Gasteiger partial charge on any atom is 0.284 e. The minimum Gasteiger partial charge on any atom is -0.363 e. The number of carbonyl (C=O) groups excluding carboxylic acids is 1. The van der Waals surface area contributed by atoms with Gasteiger partial charge >= 0.3 is 0 Å². The Bertz CT molecular complexity index is 601. The Morgan fingerprint density at radius 1 is 1.40 bits per heavy atom. The number of fused-ring (bicyclic) bond motifs is 1. The molecule has 0 aliphatic heterocycles. The maximum absolute atomic E-state index is 11.5. The normalized spacial score (nSPS) is 10.5. The molecule has 0 radical (unpaired) electrons. The van der Waals surface area contributed by atoms with Gasteiger partial charge in [-0.25, -0.2) is 0 Å². The Hall–Kier alpha value is -2.17. The molecule has 0 saturated carbocycles. The molecule has 0 bridgehead atoms. The summed E-state index contributed by atoms with van der Waals surface area (Å²) in [6.45, 7) is 0. The number of nitrogens with two attached hydrogens (primary N) is 1. The number of nitrogens with zero attached hydrogens (tertiary/aromatic N) is 2. The van der Waals surface area contributed by atoms with Crippen LogP contribution in [0.25, 0.3) is 10.9 Å². The minimum absolute atomic E-state index is 0.0290. The fourth-order valence-electron chi connectivity index (χ4n) is 1.51.